The van der Waals surface area contributed by atoms with Crippen LogP contribution in [0.25, 0.3) is 0 Å². The Kier molecular flexibility index (Phi) is 5.64. The molecular formula is C14H18ClF3N2O. The van der Waals surface area contributed by atoms with Crippen LogP contribution in [0.3, 0.4) is 0 Å². The van der Waals surface area contributed by atoms with E-state index in [0.717, 1.165) is 12.1 Å². The van der Waals surface area contributed by atoms with Gasteiger partial charge in [0.2, 0.25) is 5.91 Å². The van der Waals surface area contributed by atoms with Crippen LogP contribution in [-0.4, -0.2) is 18.5 Å². The molecule has 2 rings (SSSR count). The number of carbonyl (C=O) groups excluding carboxylic acids is 1. The summed E-state index contributed by atoms with van der Waals surface area (Å²) in [5, 5.41) is 2.75. The van der Waals surface area contributed by atoms with Gasteiger partial charge in [0.25, 0.3) is 0 Å². The van der Waals surface area contributed by atoms with Crippen LogP contribution in [0.1, 0.15) is 30.4 Å². The zero-order valence-electron chi connectivity index (χ0n) is 11.5. The van der Waals surface area contributed by atoms with Crippen molar-refractivity contribution in [2.24, 2.45) is 11.7 Å². The van der Waals surface area contributed by atoms with E-state index in [4.69, 9.17) is 5.73 Å². The normalized spacial score (nSPS) is 22.1. The zero-order valence-corrected chi connectivity index (χ0v) is 12.3. The average molecular weight is 323 g/mol. The molecule has 1 amide bonds. The fourth-order valence-corrected chi connectivity index (χ4v) is 2.21. The fourth-order valence-electron chi connectivity index (χ4n) is 2.21. The average Bonchev–Trinajstić information content (AvgIpc) is 3.18. The SMILES string of the molecule is C[C@@H](CN)NC(=O)C1CC1c1cccc(C(F)(F)F)c1.Cl. The van der Waals surface area contributed by atoms with Gasteiger partial charge in [0.15, 0.2) is 0 Å². The Bertz CT molecular complexity index is 507. The van der Waals surface area contributed by atoms with Crippen LogP contribution in [-0.2, 0) is 11.0 Å². The Morgan fingerprint density at radius 1 is 1.48 bits per heavy atom. The Morgan fingerprint density at radius 2 is 2.14 bits per heavy atom. The monoisotopic (exact) mass is 322 g/mol. The minimum Gasteiger partial charge on any atom is -0.352 e. The van der Waals surface area contributed by atoms with E-state index in [0.29, 0.717) is 18.5 Å². The molecule has 2 unspecified atom stereocenters. The van der Waals surface area contributed by atoms with Gasteiger partial charge in [-0.1, -0.05) is 18.2 Å². The predicted octanol–water partition coefficient (Wildman–Crippen LogP) is 2.69. The highest BCUT2D eigenvalue weighted by molar-refractivity contribution is 5.85. The van der Waals surface area contributed by atoms with Gasteiger partial charge in [0.05, 0.1) is 5.56 Å². The first-order chi connectivity index (χ1) is 9.32. The second-order valence-electron chi connectivity index (χ2n) is 5.22. The van der Waals surface area contributed by atoms with E-state index in [9.17, 15) is 18.0 Å². The van der Waals surface area contributed by atoms with E-state index in [1.54, 1.807) is 13.0 Å². The van der Waals surface area contributed by atoms with E-state index < -0.39 is 11.7 Å². The van der Waals surface area contributed by atoms with Crippen molar-refractivity contribution in [3.8, 4) is 0 Å². The Labute approximate surface area is 127 Å². The molecule has 7 heteroatoms. The second kappa shape index (κ2) is 6.66. The number of hydrogen-bond donors (Lipinski definition) is 2. The van der Waals surface area contributed by atoms with Gasteiger partial charge in [0, 0.05) is 18.5 Å². The van der Waals surface area contributed by atoms with Crippen molar-refractivity contribution in [2.45, 2.75) is 31.5 Å². The summed E-state index contributed by atoms with van der Waals surface area (Å²) < 4.78 is 37.9. The standard InChI is InChI=1S/C14H17F3N2O.ClH/c1-8(7-18)19-13(20)12-6-11(12)9-3-2-4-10(5-9)14(15,16)17;/h2-5,8,11-12H,6-7,18H2,1H3,(H,19,20);1H/t8-,11?,12?;/m0./s1. The lowest BCUT2D eigenvalue weighted by Crippen LogP contribution is -2.38. The first-order valence-electron chi connectivity index (χ1n) is 6.50. The molecule has 0 aliphatic heterocycles. The van der Waals surface area contributed by atoms with Crippen molar-refractivity contribution in [3.63, 3.8) is 0 Å². The van der Waals surface area contributed by atoms with Crippen LogP contribution >= 0.6 is 12.4 Å². The van der Waals surface area contributed by atoms with Crippen molar-refractivity contribution in [1.29, 1.82) is 0 Å². The Morgan fingerprint density at radius 3 is 2.71 bits per heavy atom. The van der Waals surface area contributed by atoms with Crippen molar-refractivity contribution in [3.05, 3.63) is 35.4 Å². The maximum absolute atomic E-state index is 12.6. The minimum atomic E-state index is -4.35. The fraction of sp³-hybridized carbons (Fsp3) is 0.500. The van der Waals surface area contributed by atoms with Crippen LogP contribution < -0.4 is 11.1 Å². The van der Waals surface area contributed by atoms with Crippen molar-refractivity contribution < 1.29 is 18.0 Å². The maximum atomic E-state index is 12.6. The lowest BCUT2D eigenvalue weighted by Gasteiger charge is -2.11. The van der Waals surface area contributed by atoms with Crippen molar-refractivity contribution >= 4 is 18.3 Å². The molecule has 3 N–H and O–H groups in total. The van der Waals surface area contributed by atoms with E-state index >= 15 is 0 Å². The smallest absolute Gasteiger partial charge is 0.352 e. The van der Waals surface area contributed by atoms with Gasteiger partial charge in [-0.3, -0.25) is 4.79 Å². The number of benzene rings is 1. The lowest BCUT2D eigenvalue weighted by atomic mass is 10.1. The predicted molar refractivity (Wildman–Crippen MR) is 76.2 cm³/mol. The number of nitrogens with two attached hydrogens (primary N) is 1. The van der Waals surface area contributed by atoms with E-state index in [-0.39, 0.29) is 36.2 Å². The Balaban J connectivity index is 0.00000220. The molecule has 1 aromatic carbocycles. The van der Waals surface area contributed by atoms with Crippen LogP contribution in [0, 0.1) is 5.92 Å². The third-order valence-electron chi connectivity index (χ3n) is 3.51. The molecule has 0 aromatic heterocycles. The minimum absolute atomic E-state index is 0. The van der Waals surface area contributed by atoms with Gasteiger partial charge in [0.1, 0.15) is 0 Å². The molecule has 0 radical (unpaired) electrons. The summed E-state index contributed by atoms with van der Waals surface area (Å²) in [6, 6.07) is 5.07. The summed E-state index contributed by atoms with van der Waals surface area (Å²) in [5.41, 5.74) is 5.31. The zero-order chi connectivity index (χ0) is 14.9. The van der Waals surface area contributed by atoms with Crippen LogP contribution in [0.5, 0.6) is 0 Å². The molecule has 0 heterocycles. The van der Waals surface area contributed by atoms with Gasteiger partial charge >= 0.3 is 6.18 Å². The molecule has 1 fully saturated rings. The van der Waals surface area contributed by atoms with Crippen molar-refractivity contribution in [2.75, 3.05) is 6.54 Å². The molecule has 0 spiro atoms. The first-order valence-corrected chi connectivity index (χ1v) is 6.50. The lowest BCUT2D eigenvalue weighted by molar-refractivity contribution is -0.137. The Hall–Kier alpha value is -1.27. The summed E-state index contributed by atoms with van der Waals surface area (Å²) in [6.45, 7) is 2.13. The number of amides is 1. The third kappa shape index (κ3) is 4.35. The highest BCUT2D eigenvalue weighted by atomic mass is 35.5. The quantitative estimate of drug-likeness (QED) is 0.895. The molecule has 0 bridgehead atoms. The van der Waals surface area contributed by atoms with Gasteiger partial charge in [-0.15, -0.1) is 12.4 Å². The number of carbonyl (C=O) groups is 1. The second-order valence-corrected chi connectivity index (χ2v) is 5.22. The molecule has 0 saturated heterocycles. The molecule has 1 aliphatic carbocycles. The highest BCUT2D eigenvalue weighted by Gasteiger charge is 2.44. The summed E-state index contributed by atoms with van der Waals surface area (Å²) >= 11 is 0. The molecule has 21 heavy (non-hydrogen) atoms. The summed E-state index contributed by atoms with van der Waals surface area (Å²) in [4.78, 5) is 11.9. The highest BCUT2D eigenvalue weighted by Crippen LogP contribution is 2.48. The first kappa shape index (κ1) is 17.8. The molecule has 3 nitrogen and oxygen atoms in total. The van der Waals surface area contributed by atoms with E-state index in [1.807, 2.05) is 0 Å². The summed E-state index contributed by atoms with van der Waals surface area (Å²) in [5.74, 6) is -0.500. The van der Waals surface area contributed by atoms with Crippen LogP contribution in [0.4, 0.5) is 13.2 Å². The van der Waals surface area contributed by atoms with Gasteiger partial charge in [-0.2, -0.15) is 13.2 Å². The van der Waals surface area contributed by atoms with Gasteiger partial charge in [-0.25, -0.2) is 0 Å². The summed E-state index contributed by atoms with van der Waals surface area (Å²) in [6.07, 6.45) is -3.76. The molecule has 1 aromatic rings. The molecule has 118 valence electrons. The molecule has 3 atom stereocenters. The topological polar surface area (TPSA) is 55.1 Å². The van der Waals surface area contributed by atoms with E-state index in [1.165, 1.54) is 6.07 Å². The van der Waals surface area contributed by atoms with Gasteiger partial charge in [-0.05, 0) is 30.9 Å². The van der Waals surface area contributed by atoms with Gasteiger partial charge < -0.3 is 11.1 Å². The molecule has 1 aliphatic rings. The molecule has 1 saturated carbocycles. The van der Waals surface area contributed by atoms with E-state index in [2.05, 4.69) is 5.32 Å². The number of hydrogen-bond acceptors (Lipinski definition) is 2. The largest absolute Gasteiger partial charge is 0.416 e. The number of nitrogens with one attached hydrogen (secondary N) is 1. The van der Waals surface area contributed by atoms with Crippen LogP contribution in [0.2, 0.25) is 0 Å². The van der Waals surface area contributed by atoms with Crippen molar-refractivity contribution in [1.82, 2.24) is 5.32 Å². The summed E-state index contributed by atoms with van der Waals surface area (Å²) in [7, 11) is 0. The molecular weight excluding hydrogens is 305 g/mol. The third-order valence-corrected chi connectivity index (χ3v) is 3.51. The number of halogens is 4. The number of rotatable bonds is 4. The maximum Gasteiger partial charge on any atom is 0.416 e. The van der Waals surface area contributed by atoms with Crippen LogP contribution in [0.15, 0.2) is 24.3 Å². The number of alkyl halides is 3.